The summed E-state index contributed by atoms with van der Waals surface area (Å²) in [6, 6.07) is 1.83. The second kappa shape index (κ2) is 4.58. The molecule has 0 atom stereocenters. The lowest BCUT2D eigenvalue weighted by atomic mass is 10.3. The highest BCUT2D eigenvalue weighted by Gasteiger charge is 2.18. The number of aryl methyl sites for hydroxylation is 1. The fraction of sp³-hybridized carbons (Fsp3) is 0.273. The zero-order valence-electron chi connectivity index (χ0n) is 9.64. The van der Waals surface area contributed by atoms with Crippen LogP contribution in [-0.4, -0.2) is 22.8 Å². The molecule has 90 valence electrons. The molecule has 2 aromatic heterocycles. The standard InChI is InChI=1S/C11H13N3O2S/c1-7-9(17-11(12)13-7)10(15)14(2)5-8-3-4-16-6-8/h3-4,6H,5H2,1-2H3,(H2,12,13). The highest BCUT2D eigenvalue weighted by Crippen LogP contribution is 2.21. The first-order chi connectivity index (χ1) is 8.08. The number of carbonyl (C=O) groups excluding carboxylic acids is 1. The van der Waals surface area contributed by atoms with E-state index in [1.165, 1.54) is 11.3 Å². The molecular weight excluding hydrogens is 238 g/mol. The molecule has 0 bridgehead atoms. The number of hydrogen-bond acceptors (Lipinski definition) is 5. The van der Waals surface area contributed by atoms with Gasteiger partial charge in [0.05, 0.1) is 18.2 Å². The van der Waals surface area contributed by atoms with E-state index in [4.69, 9.17) is 10.2 Å². The minimum absolute atomic E-state index is 0.0714. The lowest BCUT2D eigenvalue weighted by molar-refractivity contribution is 0.0789. The molecule has 0 saturated heterocycles. The van der Waals surface area contributed by atoms with Gasteiger partial charge in [0.25, 0.3) is 5.91 Å². The van der Waals surface area contributed by atoms with E-state index in [1.807, 2.05) is 6.07 Å². The Hall–Kier alpha value is -1.82. The van der Waals surface area contributed by atoms with Crippen LogP contribution in [0.2, 0.25) is 0 Å². The SMILES string of the molecule is Cc1nc(N)sc1C(=O)N(C)Cc1ccoc1. The van der Waals surface area contributed by atoms with Gasteiger partial charge < -0.3 is 15.1 Å². The monoisotopic (exact) mass is 251 g/mol. The van der Waals surface area contributed by atoms with Crippen molar-refractivity contribution in [2.45, 2.75) is 13.5 Å². The third-order valence-corrected chi connectivity index (χ3v) is 3.33. The summed E-state index contributed by atoms with van der Waals surface area (Å²) >= 11 is 1.22. The first-order valence-corrected chi connectivity index (χ1v) is 5.89. The maximum Gasteiger partial charge on any atom is 0.265 e. The van der Waals surface area contributed by atoms with Gasteiger partial charge in [0.15, 0.2) is 5.13 Å². The predicted octanol–water partition coefficient (Wildman–Crippen LogP) is 1.90. The Morgan fingerprint density at radius 2 is 2.41 bits per heavy atom. The number of nitrogens with zero attached hydrogens (tertiary/aromatic N) is 2. The molecule has 2 heterocycles. The number of aromatic nitrogens is 1. The number of rotatable bonds is 3. The van der Waals surface area contributed by atoms with E-state index in [2.05, 4.69) is 4.98 Å². The quantitative estimate of drug-likeness (QED) is 0.904. The van der Waals surface area contributed by atoms with Gasteiger partial charge in [0.2, 0.25) is 0 Å². The molecule has 5 nitrogen and oxygen atoms in total. The van der Waals surface area contributed by atoms with Crippen molar-refractivity contribution in [2.24, 2.45) is 0 Å². The number of nitrogens with two attached hydrogens (primary N) is 1. The van der Waals surface area contributed by atoms with Gasteiger partial charge in [-0.05, 0) is 13.0 Å². The molecule has 0 aromatic carbocycles. The van der Waals surface area contributed by atoms with Crippen molar-refractivity contribution in [3.05, 3.63) is 34.7 Å². The van der Waals surface area contributed by atoms with Crippen molar-refractivity contribution in [3.8, 4) is 0 Å². The summed E-state index contributed by atoms with van der Waals surface area (Å²) in [5.74, 6) is -0.0714. The van der Waals surface area contributed by atoms with Gasteiger partial charge in [-0.15, -0.1) is 0 Å². The van der Waals surface area contributed by atoms with E-state index in [1.54, 1.807) is 31.4 Å². The first kappa shape index (κ1) is 11.7. The second-order valence-electron chi connectivity index (χ2n) is 3.76. The molecule has 2 rings (SSSR count). The highest BCUT2D eigenvalue weighted by molar-refractivity contribution is 7.17. The molecule has 17 heavy (non-hydrogen) atoms. The second-order valence-corrected chi connectivity index (χ2v) is 4.79. The Kier molecular flexibility index (Phi) is 3.14. The Balaban J connectivity index is 2.12. The number of carbonyl (C=O) groups is 1. The van der Waals surface area contributed by atoms with Gasteiger partial charge >= 0.3 is 0 Å². The number of hydrogen-bond donors (Lipinski definition) is 1. The summed E-state index contributed by atoms with van der Waals surface area (Å²) in [5.41, 5.74) is 7.21. The van der Waals surface area contributed by atoms with E-state index >= 15 is 0 Å². The van der Waals surface area contributed by atoms with Crippen LogP contribution in [0.25, 0.3) is 0 Å². The fourth-order valence-electron chi connectivity index (χ4n) is 1.52. The van der Waals surface area contributed by atoms with Gasteiger partial charge in [0, 0.05) is 19.2 Å². The normalized spacial score (nSPS) is 10.5. The summed E-state index contributed by atoms with van der Waals surface area (Å²) in [6.07, 6.45) is 3.21. The first-order valence-electron chi connectivity index (χ1n) is 5.07. The van der Waals surface area contributed by atoms with Crippen molar-refractivity contribution in [1.82, 2.24) is 9.88 Å². The lowest BCUT2D eigenvalue weighted by Gasteiger charge is -2.15. The predicted molar refractivity (Wildman–Crippen MR) is 65.8 cm³/mol. The molecule has 0 saturated carbocycles. The van der Waals surface area contributed by atoms with Gasteiger partial charge in [-0.3, -0.25) is 4.79 Å². The van der Waals surface area contributed by atoms with Gasteiger partial charge in [-0.2, -0.15) is 0 Å². The minimum Gasteiger partial charge on any atom is -0.472 e. The molecule has 0 aliphatic rings. The molecule has 2 N–H and O–H groups in total. The smallest absolute Gasteiger partial charge is 0.265 e. The largest absolute Gasteiger partial charge is 0.472 e. The number of thiazole rings is 1. The number of amides is 1. The zero-order valence-corrected chi connectivity index (χ0v) is 10.5. The highest BCUT2D eigenvalue weighted by atomic mass is 32.1. The van der Waals surface area contributed by atoms with Crippen molar-refractivity contribution in [2.75, 3.05) is 12.8 Å². The van der Waals surface area contributed by atoms with E-state index in [0.29, 0.717) is 22.2 Å². The molecule has 0 spiro atoms. The summed E-state index contributed by atoms with van der Waals surface area (Å²) in [5, 5.41) is 0.419. The Morgan fingerprint density at radius 1 is 1.65 bits per heavy atom. The molecule has 0 aliphatic heterocycles. The van der Waals surface area contributed by atoms with Crippen LogP contribution in [0, 0.1) is 6.92 Å². The van der Waals surface area contributed by atoms with Crippen molar-refractivity contribution in [1.29, 1.82) is 0 Å². The Bertz CT molecular complexity index is 519. The summed E-state index contributed by atoms with van der Waals surface area (Å²) < 4.78 is 4.96. The summed E-state index contributed by atoms with van der Waals surface area (Å²) in [6.45, 7) is 2.29. The van der Waals surface area contributed by atoms with E-state index in [-0.39, 0.29) is 5.91 Å². The molecule has 0 radical (unpaired) electrons. The molecular formula is C11H13N3O2S. The maximum absolute atomic E-state index is 12.1. The molecule has 6 heteroatoms. The van der Waals surface area contributed by atoms with Gasteiger partial charge in [0.1, 0.15) is 4.88 Å². The molecule has 0 aliphatic carbocycles. The van der Waals surface area contributed by atoms with Gasteiger partial charge in [-0.1, -0.05) is 11.3 Å². The van der Waals surface area contributed by atoms with Crippen LogP contribution in [0.5, 0.6) is 0 Å². The summed E-state index contributed by atoms with van der Waals surface area (Å²) in [4.78, 5) is 18.4. The third-order valence-electron chi connectivity index (χ3n) is 2.35. The fourth-order valence-corrected chi connectivity index (χ4v) is 2.35. The van der Waals surface area contributed by atoms with Crippen molar-refractivity contribution >= 4 is 22.4 Å². The van der Waals surface area contributed by atoms with Crippen molar-refractivity contribution in [3.63, 3.8) is 0 Å². The average Bonchev–Trinajstić information content (AvgIpc) is 2.87. The minimum atomic E-state index is -0.0714. The van der Waals surface area contributed by atoms with Crippen LogP contribution in [-0.2, 0) is 6.54 Å². The van der Waals surface area contributed by atoms with Gasteiger partial charge in [-0.25, -0.2) is 4.98 Å². The Labute approximate surface area is 103 Å². The average molecular weight is 251 g/mol. The third kappa shape index (κ3) is 2.47. The van der Waals surface area contributed by atoms with Crippen LogP contribution in [0.4, 0.5) is 5.13 Å². The number of anilines is 1. The molecule has 1 amide bonds. The van der Waals surface area contributed by atoms with Crippen LogP contribution < -0.4 is 5.73 Å². The van der Waals surface area contributed by atoms with Crippen molar-refractivity contribution < 1.29 is 9.21 Å². The topological polar surface area (TPSA) is 72.4 Å². The van der Waals surface area contributed by atoms with Crippen LogP contribution >= 0.6 is 11.3 Å². The summed E-state index contributed by atoms with van der Waals surface area (Å²) in [7, 11) is 1.74. The number of nitrogen functional groups attached to an aromatic ring is 1. The Morgan fingerprint density at radius 3 is 2.94 bits per heavy atom. The zero-order chi connectivity index (χ0) is 12.4. The molecule has 0 unspecified atom stereocenters. The molecule has 2 aromatic rings. The van der Waals surface area contributed by atoms with E-state index in [9.17, 15) is 4.79 Å². The molecule has 0 fully saturated rings. The number of furan rings is 1. The van der Waals surface area contributed by atoms with E-state index in [0.717, 1.165) is 5.56 Å². The maximum atomic E-state index is 12.1. The van der Waals surface area contributed by atoms with Crippen LogP contribution in [0.15, 0.2) is 23.0 Å². The van der Waals surface area contributed by atoms with Crippen LogP contribution in [0.3, 0.4) is 0 Å². The van der Waals surface area contributed by atoms with E-state index < -0.39 is 0 Å². The lowest BCUT2D eigenvalue weighted by Crippen LogP contribution is -2.25. The van der Waals surface area contributed by atoms with Crippen LogP contribution in [0.1, 0.15) is 20.9 Å².